The van der Waals surface area contributed by atoms with Gasteiger partial charge in [0.05, 0.1) is 38.6 Å². The van der Waals surface area contributed by atoms with Gasteiger partial charge in [0.2, 0.25) is 0 Å². The summed E-state index contributed by atoms with van der Waals surface area (Å²) in [5.74, 6) is -3.65. The van der Waals surface area contributed by atoms with Crippen LogP contribution in [0.3, 0.4) is 0 Å². The van der Waals surface area contributed by atoms with Crippen LogP contribution < -0.4 is 0 Å². The lowest BCUT2D eigenvalue weighted by atomic mass is 10.2. The van der Waals surface area contributed by atoms with E-state index in [1.54, 1.807) is 0 Å². The summed E-state index contributed by atoms with van der Waals surface area (Å²) in [6, 6.07) is 21.5. The number of aliphatic hydroxyl groups excluding tert-OH is 2. The van der Waals surface area contributed by atoms with Gasteiger partial charge in [-0.15, -0.1) is 22.7 Å². The molecular weight excluding hydrogens is 629 g/mol. The summed E-state index contributed by atoms with van der Waals surface area (Å²) >= 11 is 3.71. The summed E-state index contributed by atoms with van der Waals surface area (Å²) in [4.78, 5) is 25.5. The van der Waals surface area contributed by atoms with Crippen molar-refractivity contribution in [3.05, 3.63) is 70.4 Å². The lowest BCUT2D eigenvalue weighted by molar-refractivity contribution is -0.159. The molecular formula is C34H44N2O8S2. The molecule has 2 atom stereocenters. The minimum Gasteiger partial charge on any atom is -0.473 e. The van der Waals surface area contributed by atoms with Gasteiger partial charge in [-0.05, 0) is 47.9 Å². The molecule has 10 nitrogen and oxygen atoms in total. The summed E-state index contributed by atoms with van der Waals surface area (Å²) in [5.41, 5.74) is 0. The fourth-order valence-electron chi connectivity index (χ4n) is 5.29. The third kappa shape index (κ3) is 12.3. The van der Waals surface area contributed by atoms with E-state index in [0.717, 1.165) is 91.4 Å². The van der Waals surface area contributed by atoms with Crippen LogP contribution >= 0.6 is 22.7 Å². The van der Waals surface area contributed by atoms with Gasteiger partial charge in [-0.3, -0.25) is 9.80 Å². The Hall–Kier alpha value is -2.94. The quantitative estimate of drug-likeness (QED) is 0.128. The average Bonchev–Trinajstić information content (AvgIpc) is 3.84. The molecule has 6 rings (SSSR count). The van der Waals surface area contributed by atoms with E-state index in [9.17, 15) is 10.2 Å². The Morgan fingerprint density at radius 2 is 1.09 bits per heavy atom. The van der Waals surface area contributed by atoms with Crippen molar-refractivity contribution < 1.29 is 39.5 Å². The van der Waals surface area contributed by atoms with Crippen LogP contribution in [0.4, 0.5) is 0 Å². The van der Waals surface area contributed by atoms with Crippen molar-refractivity contribution in [3.8, 4) is 0 Å². The van der Waals surface area contributed by atoms with Crippen LogP contribution in [-0.2, 0) is 31.9 Å². The Kier molecular flexibility index (Phi) is 14.8. The van der Waals surface area contributed by atoms with E-state index < -0.39 is 11.9 Å². The largest absolute Gasteiger partial charge is 0.473 e. The van der Waals surface area contributed by atoms with Crippen molar-refractivity contribution in [1.29, 1.82) is 0 Å². The van der Waals surface area contributed by atoms with Crippen LogP contribution in [0, 0.1) is 0 Å². The van der Waals surface area contributed by atoms with Gasteiger partial charge in [0.25, 0.3) is 0 Å². The summed E-state index contributed by atoms with van der Waals surface area (Å²) in [6.07, 6.45) is 3.52. The van der Waals surface area contributed by atoms with Gasteiger partial charge in [-0.25, -0.2) is 9.59 Å². The molecule has 4 aromatic rings. The Morgan fingerprint density at radius 3 is 1.43 bits per heavy atom. The van der Waals surface area contributed by atoms with E-state index in [1.807, 2.05) is 22.7 Å². The number of benzene rings is 2. The molecule has 0 radical (unpaired) electrons. The van der Waals surface area contributed by atoms with Crippen LogP contribution in [0.2, 0.25) is 0 Å². The first-order chi connectivity index (χ1) is 22.3. The number of fused-ring (bicyclic) bond motifs is 2. The predicted octanol–water partition coefficient (Wildman–Crippen LogP) is 4.21. The summed E-state index contributed by atoms with van der Waals surface area (Å²) in [6.45, 7) is 8.57. The zero-order valence-corrected chi connectivity index (χ0v) is 27.6. The highest BCUT2D eigenvalue weighted by molar-refractivity contribution is 7.19. The van der Waals surface area contributed by atoms with Crippen LogP contribution in [0.5, 0.6) is 0 Å². The second-order valence-electron chi connectivity index (χ2n) is 11.3. The molecule has 46 heavy (non-hydrogen) atoms. The topological polar surface area (TPSA) is 140 Å². The van der Waals surface area contributed by atoms with E-state index >= 15 is 0 Å². The Morgan fingerprint density at radius 1 is 0.674 bits per heavy atom. The normalized spacial score (nSPS) is 18.3. The number of hydrogen-bond acceptors (Lipinski definition) is 10. The predicted molar refractivity (Wildman–Crippen MR) is 182 cm³/mol. The number of ether oxygens (including phenoxy) is 2. The van der Waals surface area contributed by atoms with Crippen molar-refractivity contribution in [2.45, 2.75) is 37.9 Å². The highest BCUT2D eigenvalue weighted by Crippen LogP contribution is 2.26. The van der Waals surface area contributed by atoms with Gasteiger partial charge >= 0.3 is 11.9 Å². The molecule has 0 spiro atoms. The molecule has 2 saturated heterocycles. The number of carboxylic acids is 2. The minimum absolute atomic E-state index is 0.131. The second-order valence-corrected chi connectivity index (χ2v) is 13.7. The molecule has 2 aromatic carbocycles. The number of rotatable bonds is 12. The third-order valence-corrected chi connectivity index (χ3v) is 10.1. The summed E-state index contributed by atoms with van der Waals surface area (Å²) < 4.78 is 14.1. The van der Waals surface area contributed by atoms with E-state index in [-0.39, 0.29) is 12.2 Å². The molecule has 2 aliphatic rings. The lowest BCUT2D eigenvalue weighted by Gasteiger charge is -2.14. The number of β-amino-alcohol motifs (C(OH)–C–C–N with tert-alkyl or cyclic N) is 2. The van der Waals surface area contributed by atoms with Crippen LogP contribution in [0.15, 0.2) is 60.7 Å². The lowest BCUT2D eigenvalue weighted by Crippen LogP contribution is -2.26. The van der Waals surface area contributed by atoms with Crippen molar-refractivity contribution in [1.82, 2.24) is 9.80 Å². The van der Waals surface area contributed by atoms with Gasteiger partial charge in [0.15, 0.2) is 0 Å². The fourth-order valence-corrected chi connectivity index (χ4v) is 7.38. The molecule has 4 N–H and O–H groups in total. The maximum atomic E-state index is 9.44. The number of likely N-dealkylation sites (tertiary alicyclic amines) is 2. The highest BCUT2D eigenvalue weighted by atomic mass is 32.1. The SMILES string of the molecule is O=C(O)C(=O)O.OC1CCN(CCOCCc2cc3ccccc3s2)C1.OC1CCN(CCOCCc2cc3ccccc3s2)C1. The molecule has 0 amide bonds. The van der Waals surface area contributed by atoms with Gasteiger partial charge < -0.3 is 29.9 Å². The Bertz CT molecular complexity index is 1330. The molecule has 0 bridgehead atoms. The van der Waals surface area contributed by atoms with Gasteiger partial charge in [-0.2, -0.15) is 0 Å². The van der Waals surface area contributed by atoms with E-state index in [1.165, 1.54) is 29.9 Å². The number of aliphatic carboxylic acids is 2. The maximum Gasteiger partial charge on any atom is 0.414 e. The van der Waals surface area contributed by atoms with Crippen molar-refractivity contribution >= 4 is 54.8 Å². The Labute approximate surface area is 277 Å². The van der Waals surface area contributed by atoms with Crippen molar-refractivity contribution in [3.63, 3.8) is 0 Å². The van der Waals surface area contributed by atoms with Crippen LogP contribution in [0.1, 0.15) is 22.6 Å². The number of thiophene rings is 2. The molecule has 0 aliphatic carbocycles. The van der Waals surface area contributed by atoms with Crippen molar-refractivity contribution in [2.24, 2.45) is 0 Å². The maximum absolute atomic E-state index is 9.44. The smallest absolute Gasteiger partial charge is 0.414 e. The fraction of sp³-hybridized carbons (Fsp3) is 0.471. The van der Waals surface area contributed by atoms with E-state index in [0.29, 0.717) is 0 Å². The molecule has 0 saturated carbocycles. The monoisotopic (exact) mass is 672 g/mol. The van der Waals surface area contributed by atoms with Crippen LogP contribution in [0.25, 0.3) is 20.2 Å². The molecule has 2 unspecified atom stereocenters. The van der Waals surface area contributed by atoms with Crippen molar-refractivity contribution in [2.75, 3.05) is 65.7 Å². The highest BCUT2D eigenvalue weighted by Gasteiger charge is 2.20. The zero-order valence-electron chi connectivity index (χ0n) is 26.0. The average molecular weight is 673 g/mol. The first-order valence-electron chi connectivity index (χ1n) is 15.6. The summed E-state index contributed by atoms with van der Waals surface area (Å²) in [5, 5.41) is 36.3. The number of carboxylic acid groups (broad SMARTS) is 2. The standard InChI is InChI=1S/2C16H21NO2S.C2H2O4/c2*18-14-5-7-17(12-14)8-10-19-9-6-15-11-13-3-1-2-4-16(13)20-15;3-1(4)2(5)6/h2*1-4,11,14,18H,5-10,12H2;(H,3,4)(H,5,6). The minimum atomic E-state index is -1.82. The molecule has 250 valence electrons. The Balaban J connectivity index is 0.000000178. The first kappa shape index (κ1) is 35.9. The summed E-state index contributed by atoms with van der Waals surface area (Å²) in [7, 11) is 0. The number of carbonyl (C=O) groups is 2. The van der Waals surface area contributed by atoms with Gasteiger partial charge in [0, 0.05) is 71.3 Å². The third-order valence-electron chi connectivity index (χ3n) is 7.72. The van der Waals surface area contributed by atoms with E-state index in [2.05, 4.69) is 70.5 Å². The molecule has 12 heteroatoms. The van der Waals surface area contributed by atoms with E-state index in [4.69, 9.17) is 29.3 Å². The zero-order chi connectivity index (χ0) is 32.7. The van der Waals surface area contributed by atoms with Gasteiger partial charge in [0.1, 0.15) is 0 Å². The number of hydrogen-bond donors (Lipinski definition) is 4. The van der Waals surface area contributed by atoms with Gasteiger partial charge in [-0.1, -0.05) is 36.4 Å². The number of nitrogens with zero attached hydrogens (tertiary/aromatic N) is 2. The first-order valence-corrected chi connectivity index (χ1v) is 17.3. The second kappa shape index (κ2) is 19.0. The molecule has 2 aliphatic heterocycles. The molecule has 2 fully saturated rings. The molecule has 4 heterocycles. The number of aliphatic hydroxyl groups is 2. The van der Waals surface area contributed by atoms with Crippen LogP contribution in [-0.4, -0.2) is 120 Å². The molecule has 2 aromatic heterocycles.